The van der Waals surface area contributed by atoms with Gasteiger partial charge in [0, 0.05) is 55.9 Å². The van der Waals surface area contributed by atoms with Crippen molar-refractivity contribution in [3.8, 4) is 11.5 Å². The quantitative estimate of drug-likeness (QED) is 0.0701. The zero-order valence-electron chi connectivity index (χ0n) is 29.2. The summed E-state index contributed by atoms with van der Waals surface area (Å²) in [6.45, 7) is 1.43. The Morgan fingerprint density at radius 3 is 2.62 bits per heavy atom. The SMILES string of the molecule is Cn1c2nc(Cc3ccccn3)sc2c2cnn(CCCCCCCOc3ccc(OCc4ccc(F)c(C(F)(F)F)c4)c(CNCCO)c3)c(=O)c21. The monoisotopic (exact) mass is 752 g/mol. The van der Waals surface area contributed by atoms with Gasteiger partial charge in [0.15, 0.2) is 5.65 Å². The fourth-order valence-corrected chi connectivity index (χ4v) is 7.20. The highest BCUT2D eigenvalue weighted by atomic mass is 32.1. The fourth-order valence-electron chi connectivity index (χ4n) is 6.08. The number of halogens is 4. The van der Waals surface area contributed by atoms with Crippen molar-refractivity contribution in [2.24, 2.45) is 7.05 Å². The molecular weight excluding hydrogens is 713 g/mol. The normalized spacial score (nSPS) is 11.9. The van der Waals surface area contributed by atoms with E-state index in [0.717, 1.165) is 70.7 Å². The van der Waals surface area contributed by atoms with Crippen molar-refractivity contribution in [3.63, 3.8) is 0 Å². The predicted octanol–water partition coefficient (Wildman–Crippen LogP) is 7.18. The minimum absolute atomic E-state index is 0.0665. The van der Waals surface area contributed by atoms with E-state index in [1.807, 2.05) is 29.8 Å². The van der Waals surface area contributed by atoms with E-state index in [2.05, 4.69) is 15.4 Å². The average Bonchev–Trinajstić information content (AvgIpc) is 3.67. The van der Waals surface area contributed by atoms with Crippen LogP contribution < -0.4 is 20.3 Å². The molecule has 6 rings (SSSR count). The highest BCUT2D eigenvalue weighted by Crippen LogP contribution is 2.33. The summed E-state index contributed by atoms with van der Waals surface area (Å²) < 4.78 is 69.3. The molecular formula is C38H40F4N6O4S. The van der Waals surface area contributed by atoms with E-state index in [1.165, 1.54) is 10.7 Å². The molecule has 6 aromatic rings. The minimum Gasteiger partial charge on any atom is -0.494 e. The molecule has 0 saturated carbocycles. The van der Waals surface area contributed by atoms with Gasteiger partial charge in [0.25, 0.3) is 5.56 Å². The van der Waals surface area contributed by atoms with E-state index >= 15 is 0 Å². The molecule has 4 aromatic heterocycles. The minimum atomic E-state index is -4.81. The van der Waals surface area contributed by atoms with Gasteiger partial charge in [0.2, 0.25) is 0 Å². The molecule has 0 bridgehead atoms. The van der Waals surface area contributed by atoms with E-state index < -0.39 is 17.6 Å². The molecule has 2 N–H and O–H groups in total. The molecule has 0 radical (unpaired) electrons. The predicted molar refractivity (Wildman–Crippen MR) is 195 cm³/mol. The van der Waals surface area contributed by atoms with Gasteiger partial charge < -0.3 is 24.5 Å². The molecule has 0 aliphatic carbocycles. The number of ether oxygens (including phenoxy) is 2. The van der Waals surface area contributed by atoms with Gasteiger partial charge in [-0.2, -0.15) is 18.3 Å². The second-order valence-electron chi connectivity index (χ2n) is 12.6. The van der Waals surface area contributed by atoms with Crippen molar-refractivity contribution in [1.82, 2.24) is 29.6 Å². The van der Waals surface area contributed by atoms with E-state index in [0.29, 0.717) is 55.2 Å². The van der Waals surface area contributed by atoms with Crippen molar-refractivity contribution >= 4 is 32.6 Å². The lowest BCUT2D eigenvalue weighted by Gasteiger charge is -2.15. The Kier molecular flexibility index (Phi) is 12.4. The Morgan fingerprint density at radius 2 is 1.83 bits per heavy atom. The fraction of sp³-hybridized carbons (Fsp3) is 0.368. The topological polar surface area (TPSA) is 116 Å². The molecule has 0 fully saturated rings. The number of aliphatic hydroxyl groups excluding tert-OH is 1. The van der Waals surface area contributed by atoms with Crippen LogP contribution in [0.25, 0.3) is 21.3 Å². The maximum atomic E-state index is 13.7. The van der Waals surface area contributed by atoms with Crippen LogP contribution in [0.2, 0.25) is 0 Å². The number of hydrogen-bond donors (Lipinski definition) is 2. The first-order valence-corrected chi connectivity index (χ1v) is 18.2. The van der Waals surface area contributed by atoms with Gasteiger partial charge in [-0.05, 0) is 60.9 Å². The first-order chi connectivity index (χ1) is 25.6. The molecule has 0 saturated heterocycles. The van der Waals surface area contributed by atoms with Crippen LogP contribution in [0.3, 0.4) is 0 Å². The summed E-state index contributed by atoms with van der Waals surface area (Å²) in [5.74, 6) is -0.292. The Balaban J connectivity index is 0.959. The van der Waals surface area contributed by atoms with Crippen molar-refractivity contribution in [2.45, 2.75) is 64.4 Å². The van der Waals surface area contributed by atoms with Gasteiger partial charge in [0.1, 0.15) is 34.4 Å². The van der Waals surface area contributed by atoms with Crippen LogP contribution in [-0.4, -0.2) is 49.2 Å². The number of pyridine rings is 1. The van der Waals surface area contributed by atoms with Gasteiger partial charge in [-0.1, -0.05) is 31.4 Å². The molecule has 0 unspecified atom stereocenters. The maximum absolute atomic E-state index is 13.7. The molecule has 4 heterocycles. The molecule has 10 nitrogen and oxygen atoms in total. The lowest BCUT2D eigenvalue weighted by atomic mass is 10.1. The number of hydrogen-bond acceptors (Lipinski definition) is 9. The number of nitrogens with one attached hydrogen (secondary N) is 1. The molecule has 0 amide bonds. The van der Waals surface area contributed by atoms with Crippen LogP contribution in [0.4, 0.5) is 17.6 Å². The van der Waals surface area contributed by atoms with Crippen molar-refractivity contribution < 1.29 is 32.1 Å². The number of aromatic nitrogens is 5. The third-order valence-corrected chi connectivity index (χ3v) is 9.86. The Labute approximate surface area is 307 Å². The van der Waals surface area contributed by atoms with Gasteiger partial charge >= 0.3 is 6.18 Å². The van der Waals surface area contributed by atoms with Gasteiger partial charge in [-0.3, -0.25) is 9.78 Å². The molecule has 280 valence electrons. The van der Waals surface area contributed by atoms with Crippen LogP contribution in [0, 0.1) is 5.82 Å². The number of aliphatic hydroxyl groups is 1. The zero-order chi connectivity index (χ0) is 37.4. The summed E-state index contributed by atoms with van der Waals surface area (Å²) in [6.07, 6.45) is 3.82. The maximum Gasteiger partial charge on any atom is 0.419 e. The second kappa shape index (κ2) is 17.3. The van der Waals surface area contributed by atoms with Gasteiger partial charge in [0.05, 0.1) is 29.7 Å². The molecule has 0 spiro atoms. The lowest BCUT2D eigenvalue weighted by Crippen LogP contribution is -2.24. The summed E-state index contributed by atoms with van der Waals surface area (Å²) in [5.41, 5.74) is 1.75. The first-order valence-electron chi connectivity index (χ1n) is 17.4. The largest absolute Gasteiger partial charge is 0.494 e. The summed E-state index contributed by atoms with van der Waals surface area (Å²) in [4.78, 5) is 22.6. The van der Waals surface area contributed by atoms with Gasteiger partial charge in [-0.25, -0.2) is 14.1 Å². The molecule has 0 aliphatic rings. The van der Waals surface area contributed by atoms with Crippen LogP contribution >= 0.6 is 11.3 Å². The Morgan fingerprint density at radius 1 is 1.00 bits per heavy atom. The highest BCUT2D eigenvalue weighted by molar-refractivity contribution is 7.19. The molecule has 0 aliphatic heterocycles. The zero-order valence-corrected chi connectivity index (χ0v) is 30.0. The molecule has 53 heavy (non-hydrogen) atoms. The van der Waals surface area contributed by atoms with Crippen molar-refractivity contribution in [1.29, 1.82) is 0 Å². The van der Waals surface area contributed by atoms with Crippen LogP contribution in [-0.2, 0) is 39.3 Å². The van der Waals surface area contributed by atoms with Gasteiger partial charge in [-0.15, -0.1) is 11.3 Å². The van der Waals surface area contributed by atoms with Crippen LogP contribution in [0.15, 0.2) is 71.8 Å². The number of fused-ring (bicyclic) bond motifs is 3. The summed E-state index contributed by atoms with van der Waals surface area (Å²) >= 11 is 1.57. The number of unbranched alkanes of at least 4 members (excludes halogenated alkanes) is 4. The summed E-state index contributed by atoms with van der Waals surface area (Å²) in [5, 5.41) is 18.5. The molecule has 0 atom stereocenters. The Bertz CT molecular complexity index is 2200. The van der Waals surface area contributed by atoms with E-state index in [4.69, 9.17) is 14.5 Å². The average molecular weight is 753 g/mol. The van der Waals surface area contributed by atoms with Crippen molar-refractivity contribution in [2.75, 3.05) is 19.8 Å². The molecule has 15 heteroatoms. The summed E-state index contributed by atoms with van der Waals surface area (Å²) in [7, 11) is 1.87. The number of rotatable bonds is 18. The third-order valence-electron chi connectivity index (χ3n) is 8.78. The third kappa shape index (κ3) is 9.39. The van der Waals surface area contributed by atoms with E-state index in [1.54, 1.807) is 41.9 Å². The second-order valence-corrected chi connectivity index (χ2v) is 13.7. The smallest absolute Gasteiger partial charge is 0.419 e. The summed E-state index contributed by atoms with van der Waals surface area (Å²) in [6, 6.07) is 13.8. The van der Waals surface area contributed by atoms with E-state index in [-0.39, 0.29) is 24.3 Å². The number of thiazole rings is 1. The van der Waals surface area contributed by atoms with E-state index in [9.17, 15) is 27.5 Å². The van der Waals surface area contributed by atoms with Crippen LogP contribution in [0.1, 0.15) is 59.5 Å². The highest BCUT2D eigenvalue weighted by Gasteiger charge is 2.34. The molecule has 2 aromatic carbocycles. The number of aryl methyl sites for hydroxylation is 2. The number of alkyl halides is 3. The number of benzene rings is 2. The van der Waals surface area contributed by atoms with Crippen molar-refractivity contribution in [3.05, 3.63) is 111 Å². The van der Waals surface area contributed by atoms with Crippen LogP contribution in [0.5, 0.6) is 11.5 Å². The number of nitrogens with zero attached hydrogens (tertiary/aromatic N) is 5. The Hall–Kier alpha value is -4.86. The lowest BCUT2D eigenvalue weighted by molar-refractivity contribution is -0.140. The first kappa shape index (κ1) is 37.9. The standard InChI is InChI=1S/C38H40F4N6O4S/c1-47-34-29(35-36(47)46-33(53-35)21-27-9-5-6-14-44-27)23-45-48(37(34)50)16-7-3-2-4-8-18-51-28-11-13-32(26(20-28)22-43-15-17-49)52-24-25-10-12-31(39)30(19-25)38(40,41)42/h5-6,9-14,19-20,23,43,49H,2-4,7-8,15-18,21-22,24H2,1H3.